The molecular weight excluding hydrogens is 222 g/mol. The molecule has 0 aliphatic carbocycles. The number of piperidine rings is 1. The molecule has 0 bridgehead atoms. The fourth-order valence-electron chi connectivity index (χ4n) is 2.33. The van der Waals surface area contributed by atoms with Crippen molar-refractivity contribution in [3.63, 3.8) is 0 Å². The van der Waals surface area contributed by atoms with Gasteiger partial charge in [0.1, 0.15) is 5.88 Å². The van der Waals surface area contributed by atoms with Crippen LogP contribution < -0.4 is 0 Å². The molecule has 1 saturated heterocycles. The summed E-state index contributed by atoms with van der Waals surface area (Å²) in [7, 11) is 0. The zero-order valence-electron chi connectivity index (χ0n) is 9.23. The lowest BCUT2D eigenvalue weighted by atomic mass is 9.95. The van der Waals surface area contributed by atoms with Crippen molar-refractivity contribution in [2.45, 2.75) is 25.3 Å². The van der Waals surface area contributed by atoms with E-state index >= 15 is 0 Å². The van der Waals surface area contributed by atoms with Gasteiger partial charge >= 0.3 is 0 Å². The maximum Gasteiger partial charge on any atom is 0.238 e. The third-order valence-electron chi connectivity index (χ3n) is 3.12. The van der Waals surface area contributed by atoms with Crippen molar-refractivity contribution in [3.05, 3.63) is 35.9 Å². The lowest BCUT2D eigenvalue weighted by Crippen LogP contribution is -2.39. The maximum absolute atomic E-state index is 11.7. The zero-order valence-corrected chi connectivity index (χ0v) is 9.99. The average Bonchev–Trinajstić information content (AvgIpc) is 2.39. The molecule has 1 aromatic carbocycles. The van der Waals surface area contributed by atoms with Gasteiger partial charge in [0, 0.05) is 6.54 Å². The maximum atomic E-state index is 11.7. The monoisotopic (exact) mass is 237 g/mol. The van der Waals surface area contributed by atoms with E-state index in [9.17, 15) is 4.79 Å². The van der Waals surface area contributed by atoms with Gasteiger partial charge in [0.2, 0.25) is 5.91 Å². The van der Waals surface area contributed by atoms with Gasteiger partial charge in [0.15, 0.2) is 0 Å². The number of amides is 1. The molecule has 2 rings (SSSR count). The minimum atomic E-state index is 0.0511. The van der Waals surface area contributed by atoms with Crippen molar-refractivity contribution in [1.29, 1.82) is 0 Å². The molecule has 1 heterocycles. The summed E-state index contributed by atoms with van der Waals surface area (Å²) in [5, 5.41) is 0. The van der Waals surface area contributed by atoms with Crippen LogP contribution in [0, 0.1) is 0 Å². The number of carbonyl (C=O) groups excluding carboxylic acids is 1. The summed E-state index contributed by atoms with van der Waals surface area (Å²) in [6, 6.07) is 10.4. The number of benzene rings is 1. The molecule has 0 radical (unpaired) electrons. The van der Waals surface area contributed by atoms with Crippen LogP contribution in [0.4, 0.5) is 0 Å². The highest BCUT2D eigenvalue weighted by molar-refractivity contribution is 6.27. The lowest BCUT2D eigenvalue weighted by Gasteiger charge is -2.35. The van der Waals surface area contributed by atoms with Gasteiger partial charge in [-0.05, 0) is 24.8 Å². The van der Waals surface area contributed by atoms with Gasteiger partial charge in [0.25, 0.3) is 0 Å². The first-order valence-electron chi connectivity index (χ1n) is 5.73. The molecule has 2 nitrogen and oxygen atoms in total. The van der Waals surface area contributed by atoms with Gasteiger partial charge in [-0.3, -0.25) is 4.79 Å². The molecule has 0 spiro atoms. The van der Waals surface area contributed by atoms with E-state index in [1.165, 1.54) is 12.0 Å². The number of nitrogens with zero attached hydrogens (tertiary/aromatic N) is 1. The van der Waals surface area contributed by atoms with Crippen LogP contribution in [0.3, 0.4) is 0 Å². The number of halogens is 1. The Labute approximate surface area is 101 Å². The third-order valence-corrected chi connectivity index (χ3v) is 3.35. The van der Waals surface area contributed by atoms with Gasteiger partial charge in [-0.25, -0.2) is 0 Å². The van der Waals surface area contributed by atoms with E-state index in [1.807, 2.05) is 23.1 Å². The lowest BCUT2D eigenvalue weighted by molar-refractivity contribution is -0.132. The molecule has 0 N–H and O–H groups in total. The smallest absolute Gasteiger partial charge is 0.238 e. The minimum absolute atomic E-state index is 0.0511. The van der Waals surface area contributed by atoms with Gasteiger partial charge in [-0.15, -0.1) is 11.6 Å². The molecule has 86 valence electrons. The summed E-state index contributed by atoms with van der Waals surface area (Å²) >= 11 is 5.65. The number of carbonyl (C=O) groups is 1. The average molecular weight is 238 g/mol. The Morgan fingerprint density at radius 2 is 2.06 bits per heavy atom. The van der Waals surface area contributed by atoms with Crippen LogP contribution in [-0.2, 0) is 4.79 Å². The quantitative estimate of drug-likeness (QED) is 0.725. The Morgan fingerprint density at radius 3 is 2.75 bits per heavy atom. The first-order valence-corrected chi connectivity index (χ1v) is 6.27. The molecule has 1 aliphatic rings. The van der Waals surface area contributed by atoms with Crippen LogP contribution in [-0.4, -0.2) is 23.2 Å². The topological polar surface area (TPSA) is 20.3 Å². The van der Waals surface area contributed by atoms with Crippen molar-refractivity contribution in [1.82, 2.24) is 4.90 Å². The fraction of sp³-hybridized carbons (Fsp3) is 0.462. The summed E-state index contributed by atoms with van der Waals surface area (Å²) < 4.78 is 0. The van der Waals surface area contributed by atoms with Crippen LogP contribution >= 0.6 is 11.6 Å². The van der Waals surface area contributed by atoms with E-state index in [0.29, 0.717) is 0 Å². The molecule has 0 aromatic heterocycles. The summed E-state index contributed by atoms with van der Waals surface area (Å²) in [6.07, 6.45) is 3.32. The first kappa shape index (κ1) is 11.5. The Hall–Kier alpha value is -1.02. The Bertz CT molecular complexity index is 352. The number of hydrogen-bond donors (Lipinski definition) is 0. The Morgan fingerprint density at radius 1 is 1.31 bits per heavy atom. The van der Waals surface area contributed by atoms with Crippen LogP contribution in [0.5, 0.6) is 0 Å². The number of hydrogen-bond acceptors (Lipinski definition) is 1. The Balaban J connectivity index is 2.20. The number of rotatable bonds is 2. The van der Waals surface area contributed by atoms with Gasteiger partial charge in [0.05, 0.1) is 6.04 Å². The van der Waals surface area contributed by atoms with E-state index in [0.717, 1.165) is 19.4 Å². The first-order chi connectivity index (χ1) is 7.83. The van der Waals surface area contributed by atoms with E-state index < -0.39 is 0 Å². The van der Waals surface area contributed by atoms with Crippen LogP contribution in [0.25, 0.3) is 0 Å². The van der Waals surface area contributed by atoms with Crippen molar-refractivity contribution >= 4 is 17.5 Å². The molecule has 3 heteroatoms. The van der Waals surface area contributed by atoms with Crippen LogP contribution in [0.15, 0.2) is 30.3 Å². The highest BCUT2D eigenvalue weighted by Gasteiger charge is 2.26. The second-order valence-electron chi connectivity index (χ2n) is 4.14. The molecule has 1 aromatic rings. The standard InChI is InChI=1S/C13H16ClNO/c14-10-13(16)15-9-5-4-8-12(15)11-6-2-1-3-7-11/h1-3,6-7,12H,4-5,8-10H2. The van der Waals surface area contributed by atoms with Gasteiger partial charge < -0.3 is 4.90 Å². The SMILES string of the molecule is O=C(CCl)N1CCCCC1c1ccccc1. The zero-order chi connectivity index (χ0) is 11.4. The molecule has 16 heavy (non-hydrogen) atoms. The summed E-state index contributed by atoms with van der Waals surface area (Å²) in [6.45, 7) is 0.838. The second kappa shape index (κ2) is 5.35. The number of likely N-dealkylation sites (tertiary alicyclic amines) is 1. The largest absolute Gasteiger partial charge is 0.335 e. The van der Waals surface area contributed by atoms with Crippen molar-refractivity contribution in [2.24, 2.45) is 0 Å². The van der Waals surface area contributed by atoms with Crippen molar-refractivity contribution in [2.75, 3.05) is 12.4 Å². The predicted octanol–water partition coefficient (Wildman–Crippen LogP) is 2.98. The fourth-order valence-corrected chi connectivity index (χ4v) is 2.48. The molecule has 0 saturated carbocycles. The van der Waals surface area contributed by atoms with Gasteiger partial charge in [-0.1, -0.05) is 30.3 Å². The molecule has 1 amide bonds. The molecule has 1 fully saturated rings. The summed E-state index contributed by atoms with van der Waals surface area (Å²) in [5.74, 6) is 0.138. The molecular formula is C13H16ClNO. The van der Waals surface area contributed by atoms with Crippen molar-refractivity contribution < 1.29 is 4.79 Å². The Kier molecular flexibility index (Phi) is 3.83. The van der Waals surface area contributed by atoms with E-state index in [1.54, 1.807) is 0 Å². The number of alkyl halides is 1. The van der Waals surface area contributed by atoms with Gasteiger partial charge in [-0.2, -0.15) is 0 Å². The molecule has 1 atom stereocenters. The van der Waals surface area contributed by atoms with E-state index in [2.05, 4.69) is 12.1 Å². The van der Waals surface area contributed by atoms with Crippen molar-refractivity contribution in [3.8, 4) is 0 Å². The molecule has 1 aliphatic heterocycles. The summed E-state index contributed by atoms with van der Waals surface area (Å²) in [5.41, 5.74) is 1.22. The van der Waals surface area contributed by atoms with E-state index in [-0.39, 0.29) is 17.8 Å². The highest BCUT2D eigenvalue weighted by Crippen LogP contribution is 2.30. The van der Waals surface area contributed by atoms with Crippen LogP contribution in [0.1, 0.15) is 30.9 Å². The third kappa shape index (κ3) is 2.38. The minimum Gasteiger partial charge on any atom is -0.335 e. The summed E-state index contributed by atoms with van der Waals surface area (Å²) in [4.78, 5) is 13.7. The second-order valence-corrected chi connectivity index (χ2v) is 4.41. The molecule has 1 unspecified atom stereocenters. The van der Waals surface area contributed by atoms with Crippen LogP contribution in [0.2, 0.25) is 0 Å². The predicted molar refractivity (Wildman–Crippen MR) is 65.5 cm³/mol. The highest BCUT2D eigenvalue weighted by atomic mass is 35.5. The normalized spacial score (nSPS) is 20.8. The van der Waals surface area contributed by atoms with E-state index in [4.69, 9.17) is 11.6 Å².